The molecule has 0 fully saturated rings. The Morgan fingerprint density at radius 1 is 1.62 bits per heavy atom. The summed E-state index contributed by atoms with van der Waals surface area (Å²) in [6.45, 7) is 0. The first-order valence-corrected chi connectivity index (χ1v) is 4.54. The Labute approximate surface area is 88.2 Å². The number of nitro benzene ring substituents is 1. The van der Waals surface area contributed by atoms with Gasteiger partial charge in [-0.1, -0.05) is 11.6 Å². The third kappa shape index (κ3) is 2.10. The van der Waals surface area contributed by atoms with Crippen molar-refractivity contribution < 1.29 is 4.92 Å². The predicted octanol–water partition coefficient (Wildman–Crippen LogP) is 3.05. The summed E-state index contributed by atoms with van der Waals surface area (Å²) in [4.78, 5) is 10.1. The first-order valence-electron chi connectivity index (χ1n) is 3.37. The van der Waals surface area contributed by atoms with Crippen LogP contribution in [-0.2, 0) is 0 Å². The molecule has 4 nitrogen and oxygen atoms in total. The van der Waals surface area contributed by atoms with Crippen molar-refractivity contribution >= 4 is 38.9 Å². The maximum Gasteiger partial charge on any atom is 0.293 e. The molecule has 0 heterocycles. The van der Waals surface area contributed by atoms with Crippen LogP contribution >= 0.6 is 27.5 Å². The molecule has 0 radical (unpaired) electrons. The van der Waals surface area contributed by atoms with E-state index in [9.17, 15) is 10.1 Å². The average molecular weight is 265 g/mol. The molecule has 0 aliphatic heterocycles. The van der Waals surface area contributed by atoms with Crippen LogP contribution in [0.1, 0.15) is 0 Å². The van der Waals surface area contributed by atoms with Crippen molar-refractivity contribution in [2.45, 2.75) is 0 Å². The van der Waals surface area contributed by atoms with Crippen molar-refractivity contribution in [3.8, 4) is 0 Å². The third-order valence-corrected chi connectivity index (χ3v) is 2.70. The van der Waals surface area contributed by atoms with Crippen molar-refractivity contribution in [3.05, 3.63) is 31.7 Å². The van der Waals surface area contributed by atoms with Gasteiger partial charge in [0.1, 0.15) is 5.69 Å². The van der Waals surface area contributed by atoms with E-state index < -0.39 is 4.92 Å². The van der Waals surface area contributed by atoms with Gasteiger partial charge in [-0.15, -0.1) is 0 Å². The second-order valence-corrected chi connectivity index (χ2v) is 3.55. The van der Waals surface area contributed by atoms with Crippen molar-refractivity contribution in [1.82, 2.24) is 0 Å². The lowest BCUT2D eigenvalue weighted by molar-refractivity contribution is -0.384. The summed E-state index contributed by atoms with van der Waals surface area (Å²) < 4.78 is 0.514. The van der Waals surface area contributed by atoms with Crippen LogP contribution in [0.25, 0.3) is 0 Å². The van der Waals surface area contributed by atoms with Crippen LogP contribution in [0.3, 0.4) is 0 Å². The quantitative estimate of drug-likeness (QED) is 0.660. The Balaban J connectivity index is 3.33. The highest BCUT2D eigenvalue weighted by atomic mass is 79.9. The van der Waals surface area contributed by atoms with Gasteiger partial charge in [-0.2, -0.15) is 0 Å². The molecule has 0 aliphatic rings. The van der Waals surface area contributed by atoms with Gasteiger partial charge < -0.3 is 5.32 Å². The van der Waals surface area contributed by atoms with Crippen LogP contribution in [0.5, 0.6) is 0 Å². The molecular formula is C7H6BrClN2O2. The summed E-state index contributed by atoms with van der Waals surface area (Å²) in [5.74, 6) is 0. The fourth-order valence-electron chi connectivity index (χ4n) is 0.888. The van der Waals surface area contributed by atoms with Gasteiger partial charge >= 0.3 is 0 Å². The zero-order chi connectivity index (χ0) is 10.0. The second-order valence-electron chi connectivity index (χ2n) is 2.29. The van der Waals surface area contributed by atoms with Gasteiger partial charge in [-0.3, -0.25) is 10.1 Å². The van der Waals surface area contributed by atoms with Crippen LogP contribution in [0.2, 0.25) is 5.02 Å². The number of anilines is 1. The normalized spacial score (nSPS) is 9.77. The van der Waals surface area contributed by atoms with E-state index in [2.05, 4.69) is 21.2 Å². The van der Waals surface area contributed by atoms with Gasteiger partial charge in [0.05, 0.1) is 9.95 Å². The number of benzene rings is 1. The number of rotatable bonds is 2. The summed E-state index contributed by atoms with van der Waals surface area (Å²) in [6, 6.07) is 2.87. The van der Waals surface area contributed by atoms with E-state index in [0.717, 1.165) is 0 Å². The van der Waals surface area contributed by atoms with E-state index in [-0.39, 0.29) is 5.69 Å². The molecule has 70 valence electrons. The minimum Gasteiger partial charge on any atom is -0.383 e. The zero-order valence-electron chi connectivity index (χ0n) is 6.67. The summed E-state index contributed by atoms with van der Waals surface area (Å²) in [7, 11) is 1.60. The number of hydrogen-bond donors (Lipinski definition) is 1. The largest absolute Gasteiger partial charge is 0.383 e. The van der Waals surface area contributed by atoms with E-state index in [4.69, 9.17) is 11.6 Å². The van der Waals surface area contributed by atoms with Crippen LogP contribution in [0.15, 0.2) is 16.6 Å². The lowest BCUT2D eigenvalue weighted by Gasteiger charge is -2.03. The van der Waals surface area contributed by atoms with Crippen LogP contribution < -0.4 is 5.32 Å². The molecule has 1 N–H and O–H groups in total. The first-order chi connectivity index (χ1) is 6.06. The number of halogens is 2. The molecule has 0 bridgehead atoms. The summed E-state index contributed by atoms with van der Waals surface area (Å²) in [6.07, 6.45) is 0. The summed E-state index contributed by atoms with van der Waals surface area (Å²) in [5, 5.41) is 13.7. The molecule has 0 atom stereocenters. The number of nitro groups is 1. The smallest absolute Gasteiger partial charge is 0.293 e. The van der Waals surface area contributed by atoms with E-state index in [0.29, 0.717) is 15.2 Å². The highest BCUT2D eigenvalue weighted by Crippen LogP contribution is 2.33. The van der Waals surface area contributed by atoms with Gasteiger partial charge in [0.2, 0.25) is 0 Å². The summed E-state index contributed by atoms with van der Waals surface area (Å²) in [5.41, 5.74) is 0.400. The third-order valence-electron chi connectivity index (χ3n) is 1.50. The molecule has 0 aromatic heterocycles. The van der Waals surface area contributed by atoms with Gasteiger partial charge in [0.15, 0.2) is 0 Å². The van der Waals surface area contributed by atoms with Gasteiger partial charge in [-0.25, -0.2) is 0 Å². The van der Waals surface area contributed by atoms with Crippen LogP contribution in [-0.4, -0.2) is 12.0 Å². The minimum atomic E-state index is -0.465. The fourth-order valence-corrected chi connectivity index (χ4v) is 1.38. The topological polar surface area (TPSA) is 55.2 Å². The Kier molecular flexibility index (Phi) is 3.11. The monoisotopic (exact) mass is 264 g/mol. The number of nitrogens with zero attached hydrogens (tertiary/aromatic N) is 1. The highest BCUT2D eigenvalue weighted by molar-refractivity contribution is 9.10. The second kappa shape index (κ2) is 3.93. The van der Waals surface area contributed by atoms with Crippen molar-refractivity contribution in [1.29, 1.82) is 0 Å². The molecule has 0 aliphatic carbocycles. The minimum absolute atomic E-state index is 0.00113. The van der Waals surface area contributed by atoms with E-state index in [1.165, 1.54) is 12.1 Å². The Hall–Kier alpha value is -0.810. The van der Waals surface area contributed by atoms with E-state index >= 15 is 0 Å². The lowest BCUT2D eigenvalue weighted by Crippen LogP contribution is -1.96. The van der Waals surface area contributed by atoms with Gasteiger partial charge in [0, 0.05) is 17.6 Å². The summed E-state index contributed by atoms with van der Waals surface area (Å²) >= 11 is 8.87. The molecule has 6 heteroatoms. The lowest BCUT2D eigenvalue weighted by atomic mass is 10.3. The highest BCUT2D eigenvalue weighted by Gasteiger charge is 2.15. The van der Waals surface area contributed by atoms with E-state index in [1.807, 2.05) is 0 Å². The number of hydrogen-bond acceptors (Lipinski definition) is 3. The maximum atomic E-state index is 10.5. The molecule has 1 aromatic rings. The van der Waals surface area contributed by atoms with Gasteiger partial charge in [0.25, 0.3) is 5.69 Å². The molecule has 1 rings (SSSR count). The van der Waals surface area contributed by atoms with Crippen molar-refractivity contribution in [2.24, 2.45) is 0 Å². The average Bonchev–Trinajstić information content (AvgIpc) is 2.08. The molecule has 1 aromatic carbocycles. The molecule has 0 saturated carbocycles. The van der Waals surface area contributed by atoms with E-state index in [1.54, 1.807) is 7.05 Å². The maximum absolute atomic E-state index is 10.5. The van der Waals surface area contributed by atoms with Crippen LogP contribution in [0.4, 0.5) is 11.4 Å². The van der Waals surface area contributed by atoms with Crippen LogP contribution in [0, 0.1) is 10.1 Å². The van der Waals surface area contributed by atoms with Gasteiger partial charge in [-0.05, 0) is 22.0 Å². The standard InChI is InChI=1S/C7H6BrClN2O2/c1-10-6-3-5(9)4(8)2-7(6)11(12)13/h2-3,10H,1H3. The Bertz CT molecular complexity index is 357. The molecule has 0 unspecified atom stereocenters. The Morgan fingerprint density at radius 2 is 2.23 bits per heavy atom. The fraction of sp³-hybridized carbons (Fsp3) is 0.143. The molecule has 0 spiro atoms. The Morgan fingerprint density at radius 3 is 2.69 bits per heavy atom. The molecule has 0 saturated heterocycles. The SMILES string of the molecule is CNc1cc(Cl)c(Br)cc1[N+](=O)[O-]. The predicted molar refractivity (Wildman–Crippen MR) is 55.4 cm³/mol. The number of nitrogens with one attached hydrogen (secondary N) is 1. The van der Waals surface area contributed by atoms with Crippen molar-refractivity contribution in [3.63, 3.8) is 0 Å². The first kappa shape index (κ1) is 10.3. The zero-order valence-corrected chi connectivity index (χ0v) is 9.02. The molecule has 0 amide bonds. The van der Waals surface area contributed by atoms with Crippen molar-refractivity contribution in [2.75, 3.05) is 12.4 Å². The molecular weight excluding hydrogens is 259 g/mol. The molecule has 13 heavy (non-hydrogen) atoms.